The van der Waals surface area contributed by atoms with Crippen molar-refractivity contribution in [3.8, 4) is 0 Å². The second-order valence-electron chi connectivity index (χ2n) is 6.08. The summed E-state index contributed by atoms with van der Waals surface area (Å²) in [5.74, 6) is -0.274. The van der Waals surface area contributed by atoms with Crippen LogP contribution in [0.25, 0.3) is 0 Å². The van der Waals surface area contributed by atoms with Gasteiger partial charge in [0.25, 0.3) is 0 Å². The Balaban J connectivity index is 1.70. The van der Waals surface area contributed by atoms with Crippen LogP contribution in [0.3, 0.4) is 0 Å². The van der Waals surface area contributed by atoms with E-state index >= 15 is 0 Å². The van der Waals surface area contributed by atoms with Crippen molar-refractivity contribution >= 4 is 17.8 Å². The minimum atomic E-state index is -0.655. The molecule has 6 heteroatoms. The number of β-lactam (4-membered cyclic amide) rings is 1. The fourth-order valence-corrected chi connectivity index (χ4v) is 3.33. The molecular weight excluding hydrogens is 294 g/mol. The molecular formula is C17H21N3O3. The van der Waals surface area contributed by atoms with Crippen LogP contribution in [0.5, 0.6) is 0 Å². The molecule has 2 aliphatic rings. The SMILES string of the molecule is CNC(=O)C1CC(=O)N1C(=O)N1CCCC(c2ccccc2)C1. The predicted octanol–water partition coefficient (Wildman–Crippen LogP) is 1.33. The molecule has 1 aromatic rings. The topological polar surface area (TPSA) is 69.7 Å². The molecule has 1 N–H and O–H groups in total. The number of rotatable bonds is 2. The van der Waals surface area contributed by atoms with Crippen LogP contribution in [0, 0.1) is 0 Å². The number of hydrogen-bond acceptors (Lipinski definition) is 3. The molecule has 1 aromatic carbocycles. The van der Waals surface area contributed by atoms with Crippen LogP contribution < -0.4 is 5.32 Å². The highest BCUT2D eigenvalue weighted by atomic mass is 16.2. The third-order valence-corrected chi connectivity index (χ3v) is 4.67. The maximum atomic E-state index is 12.6. The van der Waals surface area contributed by atoms with Crippen molar-refractivity contribution in [2.45, 2.75) is 31.2 Å². The van der Waals surface area contributed by atoms with Gasteiger partial charge in [0.15, 0.2) is 0 Å². The van der Waals surface area contributed by atoms with E-state index in [0.29, 0.717) is 13.1 Å². The van der Waals surface area contributed by atoms with Gasteiger partial charge >= 0.3 is 6.03 Å². The molecule has 0 spiro atoms. The lowest BCUT2D eigenvalue weighted by Crippen LogP contribution is -2.64. The third-order valence-electron chi connectivity index (χ3n) is 4.67. The highest BCUT2D eigenvalue weighted by Gasteiger charge is 2.47. The van der Waals surface area contributed by atoms with Gasteiger partial charge in [0.1, 0.15) is 6.04 Å². The van der Waals surface area contributed by atoms with E-state index in [1.54, 1.807) is 4.90 Å². The van der Waals surface area contributed by atoms with E-state index in [0.717, 1.165) is 17.7 Å². The molecule has 2 aliphatic heterocycles. The van der Waals surface area contributed by atoms with Crippen LogP contribution in [-0.2, 0) is 9.59 Å². The van der Waals surface area contributed by atoms with Crippen LogP contribution in [0.4, 0.5) is 4.79 Å². The van der Waals surface area contributed by atoms with E-state index in [1.165, 1.54) is 12.6 Å². The lowest BCUT2D eigenvalue weighted by molar-refractivity contribution is -0.149. The number of amides is 4. The Morgan fingerprint density at radius 1 is 1.22 bits per heavy atom. The van der Waals surface area contributed by atoms with Crippen molar-refractivity contribution in [2.24, 2.45) is 0 Å². The Hall–Kier alpha value is -2.37. The number of nitrogens with one attached hydrogen (secondary N) is 1. The predicted molar refractivity (Wildman–Crippen MR) is 84.7 cm³/mol. The largest absolute Gasteiger partial charge is 0.357 e. The van der Waals surface area contributed by atoms with Crippen LogP contribution in [-0.4, -0.2) is 53.8 Å². The van der Waals surface area contributed by atoms with Crippen molar-refractivity contribution in [1.82, 2.24) is 15.1 Å². The quantitative estimate of drug-likeness (QED) is 0.837. The summed E-state index contributed by atoms with van der Waals surface area (Å²) in [4.78, 5) is 39.0. The average Bonchev–Trinajstić information content (AvgIpc) is 2.59. The van der Waals surface area contributed by atoms with Gasteiger partial charge in [0.05, 0.1) is 6.42 Å². The first-order chi connectivity index (χ1) is 11.1. The lowest BCUT2D eigenvalue weighted by atomic mass is 9.90. The molecule has 2 saturated heterocycles. The maximum absolute atomic E-state index is 12.6. The van der Waals surface area contributed by atoms with Crippen LogP contribution in [0.2, 0.25) is 0 Å². The van der Waals surface area contributed by atoms with Gasteiger partial charge in [-0.15, -0.1) is 0 Å². The van der Waals surface area contributed by atoms with Gasteiger partial charge in [-0.3, -0.25) is 14.5 Å². The third kappa shape index (κ3) is 2.93. The first-order valence-electron chi connectivity index (χ1n) is 7.99. The van der Waals surface area contributed by atoms with Crippen molar-refractivity contribution in [1.29, 1.82) is 0 Å². The fourth-order valence-electron chi connectivity index (χ4n) is 3.33. The number of benzene rings is 1. The molecule has 2 unspecified atom stereocenters. The Morgan fingerprint density at radius 3 is 2.61 bits per heavy atom. The minimum absolute atomic E-state index is 0.112. The van der Waals surface area contributed by atoms with Gasteiger partial charge in [0, 0.05) is 26.1 Å². The standard InChI is InChI=1S/C17H21N3O3/c1-18-16(22)14-10-15(21)20(14)17(23)19-9-5-8-13(11-19)12-6-3-2-4-7-12/h2-4,6-7,13-14H,5,8-11H2,1H3,(H,18,22). The number of carbonyl (C=O) groups is 3. The molecule has 6 nitrogen and oxygen atoms in total. The molecule has 2 heterocycles. The monoisotopic (exact) mass is 315 g/mol. The number of likely N-dealkylation sites (N-methyl/N-ethyl adjacent to an activating group) is 1. The summed E-state index contributed by atoms with van der Waals surface area (Å²) in [5.41, 5.74) is 1.21. The molecule has 2 atom stereocenters. The van der Waals surface area contributed by atoms with Crippen molar-refractivity contribution < 1.29 is 14.4 Å². The molecule has 0 aromatic heterocycles. The summed E-state index contributed by atoms with van der Waals surface area (Å²) in [6, 6.07) is 9.11. The number of likely N-dealkylation sites (tertiary alicyclic amines) is 2. The summed E-state index contributed by atoms with van der Waals surface area (Å²) in [7, 11) is 1.51. The zero-order valence-corrected chi connectivity index (χ0v) is 13.2. The van der Waals surface area contributed by atoms with E-state index in [2.05, 4.69) is 17.4 Å². The maximum Gasteiger partial charge on any atom is 0.327 e. The molecule has 0 saturated carbocycles. The van der Waals surface area contributed by atoms with Gasteiger partial charge in [-0.1, -0.05) is 30.3 Å². The molecule has 0 radical (unpaired) electrons. The number of hydrogen-bond donors (Lipinski definition) is 1. The van der Waals surface area contributed by atoms with Crippen LogP contribution in [0.1, 0.15) is 30.7 Å². The van der Waals surface area contributed by atoms with Gasteiger partial charge in [-0.25, -0.2) is 4.79 Å². The zero-order chi connectivity index (χ0) is 16.4. The summed E-state index contributed by atoms with van der Waals surface area (Å²) < 4.78 is 0. The second-order valence-corrected chi connectivity index (χ2v) is 6.08. The Kier molecular flexibility index (Phi) is 4.32. The average molecular weight is 315 g/mol. The normalized spacial score (nSPS) is 24.1. The molecule has 4 amide bonds. The van der Waals surface area contributed by atoms with Gasteiger partial charge in [0.2, 0.25) is 11.8 Å². The lowest BCUT2D eigenvalue weighted by Gasteiger charge is -2.42. The molecule has 2 fully saturated rings. The fraction of sp³-hybridized carbons (Fsp3) is 0.471. The van der Waals surface area contributed by atoms with E-state index in [1.807, 2.05) is 18.2 Å². The summed E-state index contributed by atoms with van der Waals surface area (Å²) in [6.07, 6.45) is 2.04. The van der Waals surface area contributed by atoms with Crippen molar-refractivity contribution in [3.63, 3.8) is 0 Å². The minimum Gasteiger partial charge on any atom is -0.357 e. The van der Waals surface area contributed by atoms with Crippen molar-refractivity contribution in [2.75, 3.05) is 20.1 Å². The molecule has 23 heavy (non-hydrogen) atoms. The number of nitrogens with zero attached hydrogens (tertiary/aromatic N) is 2. The summed E-state index contributed by atoms with van der Waals surface area (Å²) in [5, 5.41) is 2.51. The Morgan fingerprint density at radius 2 is 1.96 bits per heavy atom. The number of urea groups is 1. The first-order valence-corrected chi connectivity index (χ1v) is 7.99. The highest BCUT2D eigenvalue weighted by Crippen LogP contribution is 2.29. The summed E-state index contributed by atoms with van der Waals surface area (Å²) in [6.45, 7) is 1.22. The number of imide groups is 1. The van der Waals surface area contributed by atoms with Gasteiger partial charge in [-0.05, 0) is 18.4 Å². The van der Waals surface area contributed by atoms with E-state index < -0.39 is 6.04 Å². The Labute approximate surface area is 135 Å². The zero-order valence-electron chi connectivity index (χ0n) is 13.2. The van der Waals surface area contributed by atoms with Crippen LogP contribution in [0.15, 0.2) is 30.3 Å². The number of piperidine rings is 1. The first kappa shape index (κ1) is 15.5. The van der Waals surface area contributed by atoms with Crippen molar-refractivity contribution in [3.05, 3.63) is 35.9 Å². The molecule has 0 aliphatic carbocycles. The highest BCUT2D eigenvalue weighted by molar-refractivity contribution is 6.07. The number of carbonyl (C=O) groups excluding carboxylic acids is 3. The van der Waals surface area contributed by atoms with Gasteiger partial charge in [-0.2, -0.15) is 0 Å². The summed E-state index contributed by atoms with van der Waals surface area (Å²) >= 11 is 0. The van der Waals surface area contributed by atoms with E-state index in [-0.39, 0.29) is 30.2 Å². The van der Waals surface area contributed by atoms with E-state index in [4.69, 9.17) is 0 Å². The molecule has 0 bridgehead atoms. The van der Waals surface area contributed by atoms with Gasteiger partial charge < -0.3 is 10.2 Å². The smallest absolute Gasteiger partial charge is 0.327 e. The second kappa shape index (κ2) is 6.40. The molecule has 3 rings (SSSR count). The molecule has 122 valence electrons. The van der Waals surface area contributed by atoms with Crippen LogP contribution >= 0.6 is 0 Å². The Bertz CT molecular complexity index is 617. The van der Waals surface area contributed by atoms with E-state index in [9.17, 15) is 14.4 Å².